The first kappa shape index (κ1) is 25.5. The number of hydrogen-bond acceptors (Lipinski definition) is 6. The van der Waals surface area contributed by atoms with Gasteiger partial charge >= 0.3 is 0 Å². The molecular formula is C27H35N7O2. The number of carbonyl (C=O) groups is 2. The van der Waals surface area contributed by atoms with Crippen molar-refractivity contribution >= 4 is 17.5 Å². The van der Waals surface area contributed by atoms with Crippen LogP contribution in [0.3, 0.4) is 0 Å². The van der Waals surface area contributed by atoms with Crippen LogP contribution in [0.15, 0.2) is 48.7 Å². The van der Waals surface area contributed by atoms with Crippen LogP contribution in [0.5, 0.6) is 0 Å². The standard InChI is InChI=1S/C27H35N7O2/c1-21-29-22(2)34(30-21)20-27(36)32-16-8-14-31(19-25-11-6-7-13-28-25)15-9-17-33(23(3)35)26-12-5-4-10-24(26)18-32/h4-7,10-13H,8-9,14-20H2,1-3H3. The van der Waals surface area contributed by atoms with Crippen LogP contribution in [0, 0.1) is 13.8 Å². The van der Waals surface area contributed by atoms with E-state index in [2.05, 4.69) is 20.0 Å². The highest BCUT2D eigenvalue weighted by Crippen LogP contribution is 2.24. The molecule has 0 atom stereocenters. The number of aromatic nitrogens is 4. The van der Waals surface area contributed by atoms with Crippen molar-refractivity contribution in [2.45, 2.75) is 53.2 Å². The third-order valence-electron chi connectivity index (χ3n) is 6.49. The minimum Gasteiger partial charge on any atom is -0.337 e. The summed E-state index contributed by atoms with van der Waals surface area (Å²) in [6, 6.07) is 13.8. The Kier molecular flexibility index (Phi) is 8.43. The molecule has 4 rings (SSSR count). The zero-order chi connectivity index (χ0) is 25.5. The molecule has 1 aromatic carbocycles. The Balaban J connectivity index is 1.59. The minimum atomic E-state index is -0.0134. The zero-order valence-electron chi connectivity index (χ0n) is 21.4. The van der Waals surface area contributed by atoms with Gasteiger partial charge in [0.05, 0.1) is 5.69 Å². The van der Waals surface area contributed by atoms with Gasteiger partial charge in [-0.1, -0.05) is 24.3 Å². The summed E-state index contributed by atoms with van der Waals surface area (Å²) in [5, 5.41) is 4.38. The second-order valence-electron chi connectivity index (χ2n) is 9.28. The van der Waals surface area contributed by atoms with E-state index in [1.165, 1.54) is 0 Å². The van der Waals surface area contributed by atoms with E-state index >= 15 is 0 Å². The van der Waals surface area contributed by atoms with Gasteiger partial charge in [-0.05, 0) is 50.5 Å². The van der Waals surface area contributed by atoms with Gasteiger partial charge in [-0.15, -0.1) is 0 Å². The van der Waals surface area contributed by atoms with E-state index in [0.717, 1.165) is 55.2 Å². The molecule has 2 amide bonds. The molecule has 9 nitrogen and oxygen atoms in total. The smallest absolute Gasteiger partial charge is 0.244 e. The Morgan fingerprint density at radius 3 is 2.39 bits per heavy atom. The summed E-state index contributed by atoms with van der Waals surface area (Å²) >= 11 is 0. The fourth-order valence-corrected chi connectivity index (χ4v) is 4.72. The average molecular weight is 490 g/mol. The normalized spacial score (nSPS) is 15.6. The molecule has 0 fully saturated rings. The topological polar surface area (TPSA) is 87.5 Å². The molecule has 9 heteroatoms. The van der Waals surface area contributed by atoms with E-state index in [-0.39, 0.29) is 18.4 Å². The second-order valence-corrected chi connectivity index (χ2v) is 9.28. The molecule has 0 radical (unpaired) electrons. The van der Waals surface area contributed by atoms with Crippen molar-refractivity contribution in [2.24, 2.45) is 0 Å². The Bertz CT molecular complexity index is 1180. The minimum absolute atomic E-state index is 0.00220. The van der Waals surface area contributed by atoms with Gasteiger partial charge in [0.2, 0.25) is 11.8 Å². The van der Waals surface area contributed by atoms with E-state index < -0.39 is 0 Å². The number of aryl methyl sites for hydroxylation is 2. The number of carbonyl (C=O) groups excluding carboxylic acids is 2. The van der Waals surface area contributed by atoms with Crippen molar-refractivity contribution in [1.82, 2.24) is 29.5 Å². The lowest BCUT2D eigenvalue weighted by atomic mass is 10.1. The maximum atomic E-state index is 13.5. The third-order valence-corrected chi connectivity index (χ3v) is 6.49. The van der Waals surface area contributed by atoms with E-state index in [1.807, 2.05) is 72.3 Å². The Labute approximate surface area is 212 Å². The fraction of sp³-hybridized carbons (Fsp3) is 0.444. The molecule has 0 unspecified atom stereocenters. The van der Waals surface area contributed by atoms with Gasteiger partial charge in [0.25, 0.3) is 0 Å². The third kappa shape index (κ3) is 6.54. The Morgan fingerprint density at radius 1 is 0.944 bits per heavy atom. The lowest BCUT2D eigenvalue weighted by Gasteiger charge is -2.31. The van der Waals surface area contributed by atoms with Crippen LogP contribution >= 0.6 is 0 Å². The number of pyridine rings is 1. The first-order valence-electron chi connectivity index (χ1n) is 12.5. The van der Waals surface area contributed by atoms with Crippen LogP contribution in [0.4, 0.5) is 5.69 Å². The predicted molar refractivity (Wildman–Crippen MR) is 138 cm³/mol. The van der Waals surface area contributed by atoms with Gasteiger partial charge in [0.1, 0.15) is 18.2 Å². The lowest BCUT2D eigenvalue weighted by Crippen LogP contribution is -2.39. The van der Waals surface area contributed by atoms with Gasteiger partial charge in [-0.3, -0.25) is 19.5 Å². The molecular weight excluding hydrogens is 454 g/mol. The van der Waals surface area contributed by atoms with Gasteiger partial charge in [0.15, 0.2) is 0 Å². The molecule has 3 aromatic rings. The molecule has 0 aliphatic carbocycles. The highest BCUT2D eigenvalue weighted by Gasteiger charge is 2.22. The van der Waals surface area contributed by atoms with Crippen molar-refractivity contribution < 1.29 is 9.59 Å². The number of anilines is 1. The van der Waals surface area contributed by atoms with Crippen LogP contribution < -0.4 is 4.90 Å². The number of benzene rings is 1. The number of fused-ring (bicyclic) bond motifs is 1. The summed E-state index contributed by atoms with van der Waals surface area (Å²) in [6.45, 7) is 9.52. The number of nitrogens with zero attached hydrogens (tertiary/aromatic N) is 7. The Morgan fingerprint density at radius 2 is 1.69 bits per heavy atom. The molecule has 1 aliphatic heterocycles. The van der Waals surface area contributed by atoms with Crippen molar-refractivity contribution in [3.63, 3.8) is 0 Å². The largest absolute Gasteiger partial charge is 0.337 e. The maximum Gasteiger partial charge on any atom is 0.244 e. The molecule has 3 heterocycles. The summed E-state index contributed by atoms with van der Waals surface area (Å²) in [6.07, 6.45) is 3.51. The van der Waals surface area contributed by atoms with E-state index in [4.69, 9.17) is 0 Å². The molecule has 0 spiro atoms. The molecule has 1 aliphatic rings. The molecule has 0 saturated carbocycles. The maximum absolute atomic E-state index is 13.5. The number of amides is 2. The molecule has 0 bridgehead atoms. The van der Waals surface area contributed by atoms with Crippen molar-refractivity contribution in [3.8, 4) is 0 Å². The summed E-state index contributed by atoms with van der Waals surface area (Å²) in [5.41, 5.74) is 2.86. The predicted octanol–water partition coefficient (Wildman–Crippen LogP) is 2.97. The summed E-state index contributed by atoms with van der Waals surface area (Å²) in [4.78, 5) is 41.0. The van der Waals surface area contributed by atoms with Crippen LogP contribution in [0.25, 0.3) is 0 Å². The lowest BCUT2D eigenvalue weighted by molar-refractivity contribution is -0.132. The summed E-state index contributed by atoms with van der Waals surface area (Å²) < 4.78 is 1.66. The first-order valence-corrected chi connectivity index (χ1v) is 12.5. The average Bonchev–Trinajstić information content (AvgIpc) is 3.17. The van der Waals surface area contributed by atoms with Gasteiger partial charge in [-0.2, -0.15) is 5.10 Å². The molecule has 36 heavy (non-hydrogen) atoms. The van der Waals surface area contributed by atoms with Gasteiger partial charge in [0, 0.05) is 58.1 Å². The van der Waals surface area contributed by atoms with Crippen LogP contribution in [-0.2, 0) is 29.2 Å². The summed E-state index contributed by atoms with van der Waals surface area (Å²) in [5.74, 6) is 1.37. The number of rotatable bonds is 4. The second kappa shape index (κ2) is 11.9. The van der Waals surface area contributed by atoms with Gasteiger partial charge in [-0.25, -0.2) is 9.67 Å². The van der Waals surface area contributed by atoms with E-state index in [9.17, 15) is 9.59 Å². The van der Waals surface area contributed by atoms with Crippen molar-refractivity contribution in [2.75, 3.05) is 31.1 Å². The molecule has 2 aromatic heterocycles. The van der Waals surface area contributed by atoms with Crippen molar-refractivity contribution in [1.29, 1.82) is 0 Å². The number of hydrogen-bond donors (Lipinski definition) is 0. The summed E-state index contributed by atoms with van der Waals surface area (Å²) in [7, 11) is 0. The zero-order valence-corrected chi connectivity index (χ0v) is 21.4. The van der Waals surface area contributed by atoms with Crippen LogP contribution in [0.2, 0.25) is 0 Å². The quantitative estimate of drug-likeness (QED) is 0.560. The first-order chi connectivity index (χ1) is 17.4. The molecule has 0 N–H and O–H groups in total. The molecule has 190 valence electrons. The SMILES string of the molecule is CC(=O)N1CCCN(Cc2ccccn2)CCCN(C(=O)Cn2nc(C)nc2C)Cc2ccccc21. The van der Waals surface area contributed by atoms with Crippen molar-refractivity contribution in [3.05, 3.63) is 71.6 Å². The number of para-hydroxylation sites is 1. The monoisotopic (exact) mass is 489 g/mol. The van der Waals surface area contributed by atoms with E-state index in [0.29, 0.717) is 25.5 Å². The highest BCUT2D eigenvalue weighted by atomic mass is 16.2. The van der Waals surface area contributed by atoms with Gasteiger partial charge < -0.3 is 9.80 Å². The van der Waals surface area contributed by atoms with E-state index in [1.54, 1.807) is 11.6 Å². The van der Waals surface area contributed by atoms with Crippen LogP contribution in [-0.4, -0.2) is 67.5 Å². The fourth-order valence-electron chi connectivity index (χ4n) is 4.72. The Hall–Kier alpha value is -3.59. The van der Waals surface area contributed by atoms with Crippen LogP contribution in [0.1, 0.15) is 42.7 Å². The molecule has 0 saturated heterocycles. The highest BCUT2D eigenvalue weighted by molar-refractivity contribution is 5.92.